The molecule has 1 atom stereocenters. The second kappa shape index (κ2) is 4.46. The van der Waals surface area contributed by atoms with E-state index < -0.39 is 0 Å². The zero-order valence-electron chi connectivity index (χ0n) is 9.97. The molecule has 2 heteroatoms. The fraction of sp³-hybridized carbons (Fsp3) is 0.400. The summed E-state index contributed by atoms with van der Waals surface area (Å²) < 4.78 is 0. The Morgan fingerprint density at radius 1 is 1.18 bits per heavy atom. The smallest absolute Gasteiger partial charge is 0.0706 e. The number of nitrogens with zero attached hydrogens (tertiary/aromatic N) is 1. The van der Waals surface area contributed by atoms with Crippen LogP contribution in [0.1, 0.15) is 37.4 Å². The predicted octanol–water partition coefficient (Wildman–Crippen LogP) is 3.42. The summed E-state index contributed by atoms with van der Waals surface area (Å²) in [5.41, 5.74) is 8.32. The van der Waals surface area contributed by atoms with Gasteiger partial charge in [-0.3, -0.25) is 4.98 Å². The van der Waals surface area contributed by atoms with Gasteiger partial charge in [0.05, 0.1) is 11.2 Å². The Bertz CT molecular complexity index is 517. The van der Waals surface area contributed by atoms with Gasteiger partial charge < -0.3 is 5.73 Å². The summed E-state index contributed by atoms with van der Waals surface area (Å²) >= 11 is 0. The highest BCUT2D eigenvalue weighted by Crippen LogP contribution is 2.33. The Balaban J connectivity index is 1.83. The fourth-order valence-electron chi connectivity index (χ4n) is 2.50. The highest BCUT2D eigenvalue weighted by molar-refractivity contribution is 5.78. The van der Waals surface area contributed by atoms with Crippen molar-refractivity contribution in [3.63, 3.8) is 0 Å². The molecular weight excluding hydrogens is 208 g/mol. The first-order chi connectivity index (χ1) is 8.33. The molecule has 1 aliphatic carbocycles. The summed E-state index contributed by atoms with van der Waals surface area (Å²) in [7, 11) is 0. The predicted molar refractivity (Wildman–Crippen MR) is 70.6 cm³/mol. The molecule has 1 heterocycles. The first kappa shape index (κ1) is 10.7. The highest BCUT2D eigenvalue weighted by atomic mass is 14.8. The number of hydrogen-bond acceptors (Lipinski definition) is 2. The summed E-state index contributed by atoms with van der Waals surface area (Å²) in [5, 5.41) is 1.19. The molecule has 0 aliphatic heterocycles. The number of nitrogens with two attached hydrogens (primary N) is 1. The molecule has 0 radical (unpaired) electrons. The van der Waals surface area contributed by atoms with E-state index in [1.54, 1.807) is 0 Å². The zero-order valence-corrected chi connectivity index (χ0v) is 9.97. The number of fused-ring (bicyclic) bond motifs is 1. The van der Waals surface area contributed by atoms with Crippen molar-refractivity contribution in [2.24, 2.45) is 11.7 Å². The van der Waals surface area contributed by atoms with Gasteiger partial charge in [0.1, 0.15) is 0 Å². The van der Waals surface area contributed by atoms with Gasteiger partial charge in [0.2, 0.25) is 0 Å². The van der Waals surface area contributed by atoms with Crippen LogP contribution in [0.5, 0.6) is 0 Å². The normalized spacial score (nSPS) is 17.9. The van der Waals surface area contributed by atoms with Crippen LogP contribution >= 0.6 is 0 Å². The van der Waals surface area contributed by atoms with Crippen LogP contribution in [0, 0.1) is 5.92 Å². The molecule has 1 fully saturated rings. The average Bonchev–Trinajstić information content (AvgIpc) is 2.33. The number of rotatable bonds is 3. The van der Waals surface area contributed by atoms with Crippen molar-refractivity contribution in [1.29, 1.82) is 0 Å². The van der Waals surface area contributed by atoms with Crippen LogP contribution in [-0.4, -0.2) is 4.98 Å². The maximum Gasteiger partial charge on any atom is 0.0706 e. The van der Waals surface area contributed by atoms with Crippen LogP contribution in [0.4, 0.5) is 0 Å². The molecule has 17 heavy (non-hydrogen) atoms. The van der Waals surface area contributed by atoms with Crippen LogP contribution < -0.4 is 5.73 Å². The molecular formula is C15H18N2. The number of benzene rings is 1. The van der Waals surface area contributed by atoms with Crippen LogP contribution in [0.3, 0.4) is 0 Å². The van der Waals surface area contributed by atoms with E-state index in [0.717, 1.165) is 23.5 Å². The molecule has 1 saturated carbocycles. The Morgan fingerprint density at radius 3 is 2.76 bits per heavy atom. The molecule has 2 N–H and O–H groups in total. The quantitative estimate of drug-likeness (QED) is 0.870. The zero-order chi connectivity index (χ0) is 11.7. The monoisotopic (exact) mass is 226 g/mol. The van der Waals surface area contributed by atoms with Crippen LogP contribution in [0.25, 0.3) is 10.9 Å². The largest absolute Gasteiger partial charge is 0.323 e. The molecule has 1 aliphatic rings. The van der Waals surface area contributed by atoms with Gasteiger partial charge in [-0.15, -0.1) is 0 Å². The van der Waals surface area contributed by atoms with Crippen LogP contribution in [0.15, 0.2) is 36.4 Å². The Labute approximate surface area is 102 Å². The molecule has 3 rings (SSSR count). The van der Waals surface area contributed by atoms with Crippen molar-refractivity contribution in [2.45, 2.75) is 31.7 Å². The van der Waals surface area contributed by atoms with Crippen molar-refractivity contribution in [3.05, 3.63) is 42.1 Å². The first-order valence-electron chi connectivity index (χ1n) is 6.44. The maximum absolute atomic E-state index is 6.23. The van der Waals surface area contributed by atoms with Gasteiger partial charge in [-0.2, -0.15) is 0 Å². The van der Waals surface area contributed by atoms with Crippen molar-refractivity contribution >= 4 is 10.9 Å². The second-order valence-electron chi connectivity index (χ2n) is 5.07. The fourth-order valence-corrected chi connectivity index (χ4v) is 2.50. The van der Waals surface area contributed by atoms with Gasteiger partial charge in [-0.1, -0.05) is 43.5 Å². The topological polar surface area (TPSA) is 38.9 Å². The minimum Gasteiger partial charge on any atom is -0.323 e. The molecule has 1 aromatic heterocycles. The minimum absolute atomic E-state index is 0.102. The Morgan fingerprint density at radius 2 is 2.00 bits per heavy atom. The molecule has 0 spiro atoms. The molecule has 0 saturated heterocycles. The number of pyridine rings is 1. The molecule has 1 unspecified atom stereocenters. The lowest BCUT2D eigenvalue weighted by molar-refractivity contribution is 0.276. The van der Waals surface area contributed by atoms with E-state index in [0.29, 0.717) is 0 Å². The SMILES string of the molecule is NC(CC1CCC1)c1ccc2ccccc2n1. The summed E-state index contributed by atoms with van der Waals surface area (Å²) in [5.74, 6) is 0.832. The third-order valence-electron chi connectivity index (χ3n) is 3.81. The van der Waals surface area contributed by atoms with Gasteiger partial charge in [0, 0.05) is 11.4 Å². The summed E-state index contributed by atoms with van der Waals surface area (Å²) in [6.45, 7) is 0. The lowest BCUT2D eigenvalue weighted by Gasteiger charge is -2.27. The number of aromatic nitrogens is 1. The van der Waals surface area contributed by atoms with E-state index in [-0.39, 0.29) is 6.04 Å². The number of hydrogen-bond donors (Lipinski definition) is 1. The summed E-state index contributed by atoms with van der Waals surface area (Å²) in [6, 6.07) is 12.5. The van der Waals surface area contributed by atoms with Crippen molar-refractivity contribution in [3.8, 4) is 0 Å². The summed E-state index contributed by atoms with van der Waals surface area (Å²) in [6.07, 6.45) is 5.16. The van der Waals surface area contributed by atoms with Gasteiger partial charge in [-0.25, -0.2) is 0 Å². The molecule has 1 aromatic carbocycles. The molecule has 0 amide bonds. The molecule has 88 valence electrons. The van der Waals surface area contributed by atoms with Crippen molar-refractivity contribution < 1.29 is 0 Å². The molecule has 2 aromatic rings. The Kier molecular flexibility index (Phi) is 2.81. The third kappa shape index (κ3) is 2.18. The molecule has 2 nitrogen and oxygen atoms in total. The van der Waals surface area contributed by atoms with Gasteiger partial charge in [0.25, 0.3) is 0 Å². The highest BCUT2D eigenvalue weighted by Gasteiger charge is 2.21. The van der Waals surface area contributed by atoms with Crippen molar-refractivity contribution in [2.75, 3.05) is 0 Å². The first-order valence-corrected chi connectivity index (χ1v) is 6.44. The van der Waals surface area contributed by atoms with E-state index in [1.165, 1.54) is 24.6 Å². The van der Waals surface area contributed by atoms with Gasteiger partial charge >= 0.3 is 0 Å². The van der Waals surface area contributed by atoms with E-state index in [4.69, 9.17) is 5.73 Å². The standard InChI is InChI=1S/C15H18N2/c16-13(10-11-4-3-5-11)15-9-8-12-6-1-2-7-14(12)17-15/h1-2,6-9,11,13H,3-5,10,16H2. The third-order valence-corrected chi connectivity index (χ3v) is 3.81. The van der Waals surface area contributed by atoms with Gasteiger partial charge in [-0.05, 0) is 24.5 Å². The lowest BCUT2D eigenvalue weighted by atomic mass is 9.80. The van der Waals surface area contributed by atoms with E-state index in [1.807, 2.05) is 12.1 Å². The van der Waals surface area contributed by atoms with Crippen molar-refractivity contribution in [1.82, 2.24) is 4.98 Å². The van der Waals surface area contributed by atoms with Gasteiger partial charge in [0.15, 0.2) is 0 Å². The van der Waals surface area contributed by atoms with E-state index in [2.05, 4.69) is 29.2 Å². The maximum atomic E-state index is 6.23. The van der Waals surface area contributed by atoms with Crippen LogP contribution in [-0.2, 0) is 0 Å². The average molecular weight is 226 g/mol. The van der Waals surface area contributed by atoms with E-state index >= 15 is 0 Å². The minimum atomic E-state index is 0.102. The number of para-hydroxylation sites is 1. The Hall–Kier alpha value is -1.41. The van der Waals surface area contributed by atoms with E-state index in [9.17, 15) is 0 Å². The second-order valence-corrected chi connectivity index (χ2v) is 5.07. The lowest BCUT2D eigenvalue weighted by Crippen LogP contribution is -2.20. The molecule has 0 bridgehead atoms. The summed E-state index contributed by atoms with van der Waals surface area (Å²) in [4.78, 5) is 4.66. The van der Waals surface area contributed by atoms with Crippen LogP contribution in [0.2, 0.25) is 0 Å².